The van der Waals surface area contributed by atoms with Crippen LogP contribution in [-0.4, -0.2) is 28.5 Å². The summed E-state index contributed by atoms with van der Waals surface area (Å²) in [6.45, 7) is 0.487. The molecule has 5 rings (SSSR count). The van der Waals surface area contributed by atoms with Crippen LogP contribution < -0.4 is 4.90 Å². The van der Waals surface area contributed by atoms with Gasteiger partial charge >= 0.3 is 5.97 Å². The Bertz CT molecular complexity index is 1460. The van der Waals surface area contributed by atoms with Crippen LogP contribution in [0.3, 0.4) is 0 Å². The predicted octanol–water partition coefficient (Wildman–Crippen LogP) is 6.54. The average Bonchev–Trinajstić information content (AvgIpc) is 3.35. The number of imidazole rings is 1. The van der Waals surface area contributed by atoms with Crippen molar-refractivity contribution in [2.75, 3.05) is 12.0 Å². The fourth-order valence-corrected chi connectivity index (χ4v) is 5.19. The molecular weight excluding hydrogens is 474 g/mol. The topological polar surface area (TPSA) is 64.4 Å². The minimum absolute atomic E-state index is 0.0444. The minimum Gasteiger partial charge on any atom is -0.466 e. The van der Waals surface area contributed by atoms with Gasteiger partial charge in [-0.15, -0.1) is 0 Å². The number of rotatable bonds is 7. The summed E-state index contributed by atoms with van der Waals surface area (Å²) >= 11 is 0. The average molecular weight is 508 g/mol. The van der Waals surface area contributed by atoms with Crippen LogP contribution in [0, 0.1) is 5.92 Å². The summed E-state index contributed by atoms with van der Waals surface area (Å²) in [6.07, 6.45) is 10.2. The summed E-state index contributed by atoms with van der Waals surface area (Å²) in [5.74, 6) is -0.194. The van der Waals surface area contributed by atoms with Gasteiger partial charge in [0, 0.05) is 24.7 Å². The normalized spacial score (nSPS) is 14.2. The Hall–Kier alpha value is -4.19. The molecular formula is C32H33N3O3. The standard InChI is InChI=1S/C32H33N3O3/c1-34-22-33-29-17-16-27(20-30(29)34)25-14-11-24(12-15-25)21-35(32(37)26-8-4-3-5-9-26)28-10-6-7-23(19-28)13-18-31(36)38-2/h6-7,10-20,22,26H,3-5,8-9,21H2,1-2H3/b18-13+. The van der Waals surface area contributed by atoms with Gasteiger partial charge in [0.1, 0.15) is 0 Å². The highest BCUT2D eigenvalue weighted by Crippen LogP contribution is 2.30. The van der Waals surface area contributed by atoms with Gasteiger partial charge in [-0.1, -0.05) is 61.7 Å². The molecule has 6 nitrogen and oxygen atoms in total. The van der Waals surface area contributed by atoms with E-state index in [1.54, 1.807) is 6.08 Å². The number of aromatic nitrogens is 2. The number of nitrogens with zero attached hydrogens (tertiary/aromatic N) is 3. The summed E-state index contributed by atoms with van der Waals surface area (Å²) in [7, 11) is 3.36. The van der Waals surface area contributed by atoms with E-state index in [0.29, 0.717) is 6.54 Å². The van der Waals surface area contributed by atoms with Gasteiger partial charge in [-0.25, -0.2) is 9.78 Å². The molecule has 0 atom stereocenters. The summed E-state index contributed by atoms with van der Waals surface area (Å²) in [5.41, 5.74) is 7.07. The molecule has 0 bridgehead atoms. The largest absolute Gasteiger partial charge is 0.466 e. The molecule has 3 aromatic carbocycles. The molecule has 1 aromatic heterocycles. The number of amides is 1. The lowest BCUT2D eigenvalue weighted by atomic mass is 9.88. The van der Waals surface area contributed by atoms with E-state index in [0.717, 1.165) is 64.7 Å². The molecule has 1 heterocycles. The zero-order chi connectivity index (χ0) is 26.5. The molecule has 1 saturated carbocycles. The third-order valence-electron chi connectivity index (χ3n) is 7.37. The van der Waals surface area contributed by atoms with Crippen molar-refractivity contribution in [2.45, 2.75) is 38.6 Å². The van der Waals surface area contributed by atoms with E-state index in [9.17, 15) is 9.59 Å². The summed E-state index contributed by atoms with van der Waals surface area (Å²) < 4.78 is 6.74. The van der Waals surface area contributed by atoms with Crippen molar-refractivity contribution >= 4 is 34.7 Å². The van der Waals surface area contributed by atoms with E-state index in [4.69, 9.17) is 4.74 Å². The molecule has 0 saturated heterocycles. The van der Waals surface area contributed by atoms with Crippen LogP contribution in [0.1, 0.15) is 43.2 Å². The van der Waals surface area contributed by atoms with Crippen molar-refractivity contribution in [3.05, 3.63) is 90.3 Å². The summed E-state index contributed by atoms with van der Waals surface area (Å²) in [5, 5.41) is 0. The molecule has 1 aliphatic rings. The first-order chi connectivity index (χ1) is 18.5. The van der Waals surface area contributed by atoms with Crippen LogP contribution in [0.25, 0.3) is 28.2 Å². The maximum Gasteiger partial charge on any atom is 0.330 e. The molecule has 0 aliphatic heterocycles. The number of anilines is 1. The van der Waals surface area contributed by atoms with E-state index in [1.165, 1.54) is 19.6 Å². The fourth-order valence-electron chi connectivity index (χ4n) is 5.19. The highest BCUT2D eigenvalue weighted by molar-refractivity contribution is 5.95. The van der Waals surface area contributed by atoms with Gasteiger partial charge in [0.15, 0.2) is 0 Å². The number of methoxy groups -OCH3 is 1. The zero-order valence-electron chi connectivity index (χ0n) is 22.0. The van der Waals surface area contributed by atoms with Gasteiger partial charge in [-0.05, 0) is 65.4 Å². The second-order valence-corrected chi connectivity index (χ2v) is 9.97. The highest BCUT2D eigenvalue weighted by Gasteiger charge is 2.27. The Morgan fingerprint density at radius 2 is 1.76 bits per heavy atom. The number of carbonyl (C=O) groups is 2. The van der Waals surface area contributed by atoms with Gasteiger partial charge in [0.25, 0.3) is 0 Å². The molecule has 4 aromatic rings. The monoisotopic (exact) mass is 507 g/mol. The Morgan fingerprint density at radius 1 is 1.00 bits per heavy atom. The second-order valence-electron chi connectivity index (χ2n) is 9.97. The van der Waals surface area contributed by atoms with Gasteiger partial charge in [0.2, 0.25) is 5.91 Å². The number of carbonyl (C=O) groups excluding carboxylic acids is 2. The van der Waals surface area contributed by atoms with Crippen molar-refractivity contribution in [2.24, 2.45) is 13.0 Å². The molecule has 1 amide bonds. The van der Waals surface area contributed by atoms with Gasteiger partial charge in [-0.3, -0.25) is 4.79 Å². The molecule has 0 radical (unpaired) electrons. The molecule has 38 heavy (non-hydrogen) atoms. The van der Waals surface area contributed by atoms with Crippen molar-refractivity contribution in [1.29, 1.82) is 0 Å². The maximum atomic E-state index is 13.8. The molecule has 1 fully saturated rings. The van der Waals surface area contributed by atoms with Crippen LogP contribution in [0.2, 0.25) is 0 Å². The number of fused-ring (bicyclic) bond motifs is 1. The highest BCUT2D eigenvalue weighted by atomic mass is 16.5. The number of benzene rings is 3. The number of hydrogen-bond donors (Lipinski definition) is 0. The molecule has 194 valence electrons. The minimum atomic E-state index is -0.409. The van der Waals surface area contributed by atoms with Crippen molar-refractivity contribution < 1.29 is 14.3 Å². The van der Waals surface area contributed by atoms with Crippen LogP contribution in [0.5, 0.6) is 0 Å². The third-order valence-corrected chi connectivity index (χ3v) is 7.37. The quantitative estimate of drug-likeness (QED) is 0.210. The van der Waals surface area contributed by atoms with E-state index in [-0.39, 0.29) is 11.8 Å². The SMILES string of the molecule is COC(=O)/C=C/c1cccc(N(Cc2ccc(-c3ccc4ncn(C)c4c3)cc2)C(=O)C2CCCCC2)c1. The Labute approximate surface area is 223 Å². The summed E-state index contributed by atoms with van der Waals surface area (Å²) in [6, 6.07) is 22.5. The van der Waals surface area contributed by atoms with Gasteiger partial charge in [-0.2, -0.15) is 0 Å². The van der Waals surface area contributed by atoms with Crippen LogP contribution in [-0.2, 0) is 27.9 Å². The molecule has 0 N–H and O–H groups in total. The Kier molecular flexibility index (Phi) is 7.68. The zero-order valence-corrected chi connectivity index (χ0v) is 22.0. The molecule has 6 heteroatoms. The van der Waals surface area contributed by atoms with E-state index >= 15 is 0 Å². The molecule has 0 spiro atoms. The second kappa shape index (κ2) is 11.5. The smallest absolute Gasteiger partial charge is 0.330 e. The van der Waals surface area contributed by atoms with Crippen molar-refractivity contribution in [1.82, 2.24) is 9.55 Å². The van der Waals surface area contributed by atoms with Gasteiger partial charge in [0.05, 0.1) is 31.0 Å². The van der Waals surface area contributed by atoms with E-state index in [2.05, 4.69) is 41.4 Å². The van der Waals surface area contributed by atoms with Crippen LogP contribution >= 0.6 is 0 Å². The Balaban J connectivity index is 1.41. The number of aryl methyl sites for hydroxylation is 1. The lowest BCUT2D eigenvalue weighted by molar-refractivity contribution is -0.134. The lowest BCUT2D eigenvalue weighted by Crippen LogP contribution is -2.36. The number of esters is 1. The predicted molar refractivity (Wildman–Crippen MR) is 151 cm³/mol. The first-order valence-electron chi connectivity index (χ1n) is 13.2. The lowest BCUT2D eigenvalue weighted by Gasteiger charge is -2.30. The third kappa shape index (κ3) is 5.70. The molecule has 1 aliphatic carbocycles. The fraction of sp³-hybridized carbons (Fsp3) is 0.281. The number of ether oxygens (including phenoxy) is 1. The first-order valence-corrected chi connectivity index (χ1v) is 13.2. The van der Waals surface area contributed by atoms with Crippen molar-refractivity contribution in [3.8, 4) is 11.1 Å². The van der Waals surface area contributed by atoms with Crippen LogP contribution in [0.4, 0.5) is 5.69 Å². The van der Waals surface area contributed by atoms with Crippen LogP contribution in [0.15, 0.2) is 79.1 Å². The van der Waals surface area contributed by atoms with Gasteiger partial charge < -0.3 is 14.2 Å². The van der Waals surface area contributed by atoms with Crippen molar-refractivity contribution in [3.63, 3.8) is 0 Å². The maximum absolute atomic E-state index is 13.8. The Morgan fingerprint density at radius 3 is 2.53 bits per heavy atom. The summed E-state index contributed by atoms with van der Waals surface area (Å²) in [4.78, 5) is 31.7. The number of hydrogen-bond acceptors (Lipinski definition) is 4. The van der Waals surface area contributed by atoms with E-state index < -0.39 is 5.97 Å². The van der Waals surface area contributed by atoms with E-state index in [1.807, 2.05) is 53.2 Å². The molecule has 0 unspecified atom stereocenters. The first kappa shape index (κ1) is 25.5.